The molecule has 0 amide bonds. The molecule has 1 aromatic rings. The highest BCUT2D eigenvalue weighted by Crippen LogP contribution is 2.11. The highest BCUT2D eigenvalue weighted by atomic mass is 32.2. The summed E-state index contributed by atoms with van der Waals surface area (Å²) in [6.07, 6.45) is 4.70. The molecule has 0 aliphatic carbocycles. The van der Waals surface area contributed by atoms with Crippen LogP contribution >= 0.6 is 11.8 Å². The SMILES string of the molecule is CC(C)(C)NCCCSc1ncccn1. The molecule has 0 aliphatic rings. The number of thioether (sulfide) groups is 1. The van der Waals surface area contributed by atoms with Crippen molar-refractivity contribution in [1.29, 1.82) is 0 Å². The van der Waals surface area contributed by atoms with E-state index in [1.54, 1.807) is 24.2 Å². The van der Waals surface area contributed by atoms with E-state index in [1.807, 2.05) is 6.07 Å². The fraction of sp³-hybridized carbons (Fsp3) is 0.636. The van der Waals surface area contributed by atoms with Crippen molar-refractivity contribution < 1.29 is 0 Å². The van der Waals surface area contributed by atoms with E-state index in [0.29, 0.717) is 0 Å². The van der Waals surface area contributed by atoms with Crippen LogP contribution in [0.4, 0.5) is 0 Å². The molecule has 1 aromatic heterocycles. The third-order valence-corrected chi connectivity index (χ3v) is 2.71. The van der Waals surface area contributed by atoms with Crippen LogP contribution in [-0.2, 0) is 0 Å². The predicted octanol–water partition coefficient (Wildman–Crippen LogP) is 2.35. The number of rotatable bonds is 5. The zero-order valence-corrected chi connectivity index (χ0v) is 10.5. The van der Waals surface area contributed by atoms with Crippen LogP contribution in [0.15, 0.2) is 23.6 Å². The molecule has 0 aromatic carbocycles. The molecule has 0 unspecified atom stereocenters. The van der Waals surface area contributed by atoms with Gasteiger partial charge in [-0.1, -0.05) is 11.8 Å². The maximum Gasteiger partial charge on any atom is 0.187 e. The van der Waals surface area contributed by atoms with Gasteiger partial charge in [-0.2, -0.15) is 0 Å². The Hall–Kier alpha value is -0.610. The van der Waals surface area contributed by atoms with Gasteiger partial charge < -0.3 is 5.32 Å². The van der Waals surface area contributed by atoms with E-state index in [-0.39, 0.29) is 5.54 Å². The molecule has 0 bridgehead atoms. The Morgan fingerprint density at radius 2 is 1.93 bits per heavy atom. The Bertz CT molecular complexity index is 269. The molecular formula is C11H19N3S. The lowest BCUT2D eigenvalue weighted by molar-refractivity contribution is 0.427. The first-order chi connectivity index (χ1) is 7.08. The first kappa shape index (κ1) is 12.5. The lowest BCUT2D eigenvalue weighted by Crippen LogP contribution is -2.36. The van der Waals surface area contributed by atoms with E-state index in [4.69, 9.17) is 0 Å². The molecule has 0 atom stereocenters. The largest absolute Gasteiger partial charge is 0.312 e. The predicted molar refractivity (Wildman–Crippen MR) is 65.1 cm³/mol. The van der Waals surface area contributed by atoms with Gasteiger partial charge in [0.15, 0.2) is 5.16 Å². The lowest BCUT2D eigenvalue weighted by atomic mass is 10.1. The highest BCUT2D eigenvalue weighted by Gasteiger charge is 2.07. The molecule has 4 heteroatoms. The van der Waals surface area contributed by atoms with Gasteiger partial charge in [-0.05, 0) is 39.8 Å². The summed E-state index contributed by atoms with van der Waals surface area (Å²) in [4.78, 5) is 8.31. The van der Waals surface area contributed by atoms with Crippen LogP contribution in [-0.4, -0.2) is 27.8 Å². The molecule has 1 N–H and O–H groups in total. The van der Waals surface area contributed by atoms with Gasteiger partial charge in [0.1, 0.15) is 0 Å². The van der Waals surface area contributed by atoms with Crippen LogP contribution in [0.2, 0.25) is 0 Å². The van der Waals surface area contributed by atoms with Gasteiger partial charge >= 0.3 is 0 Å². The number of hydrogen-bond donors (Lipinski definition) is 1. The Morgan fingerprint density at radius 1 is 1.27 bits per heavy atom. The van der Waals surface area contributed by atoms with Crippen LogP contribution < -0.4 is 5.32 Å². The molecule has 0 spiro atoms. The van der Waals surface area contributed by atoms with Crippen molar-refractivity contribution in [3.63, 3.8) is 0 Å². The van der Waals surface area contributed by atoms with Crippen LogP contribution in [0.25, 0.3) is 0 Å². The van der Waals surface area contributed by atoms with Crippen molar-refractivity contribution in [1.82, 2.24) is 15.3 Å². The zero-order valence-electron chi connectivity index (χ0n) is 9.66. The monoisotopic (exact) mass is 225 g/mol. The molecule has 0 fully saturated rings. The lowest BCUT2D eigenvalue weighted by Gasteiger charge is -2.20. The fourth-order valence-corrected chi connectivity index (χ4v) is 1.80. The normalized spacial score (nSPS) is 11.7. The molecular weight excluding hydrogens is 206 g/mol. The quantitative estimate of drug-likeness (QED) is 0.474. The summed E-state index contributed by atoms with van der Waals surface area (Å²) >= 11 is 1.71. The highest BCUT2D eigenvalue weighted by molar-refractivity contribution is 7.99. The van der Waals surface area contributed by atoms with Crippen molar-refractivity contribution in [2.24, 2.45) is 0 Å². The number of aromatic nitrogens is 2. The Labute approximate surface area is 96.1 Å². The third-order valence-electron chi connectivity index (χ3n) is 1.75. The minimum atomic E-state index is 0.216. The standard InChI is InChI=1S/C11H19N3S/c1-11(2,3)14-8-5-9-15-10-12-6-4-7-13-10/h4,6-7,14H,5,8-9H2,1-3H3. The molecule has 0 saturated carbocycles. The van der Waals surface area contributed by atoms with Gasteiger partial charge in [0.05, 0.1) is 0 Å². The summed E-state index contributed by atoms with van der Waals surface area (Å²) in [5, 5.41) is 4.32. The van der Waals surface area contributed by atoms with Gasteiger partial charge in [-0.3, -0.25) is 0 Å². The van der Waals surface area contributed by atoms with Crippen LogP contribution in [0.1, 0.15) is 27.2 Å². The molecule has 0 saturated heterocycles. The summed E-state index contributed by atoms with van der Waals surface area (Å²) in [6, 6.07) is 1.84. The van der Waals surface area contributed by atoms with Crippen molar-refractivity contribution in [3.8, 4) is 0 Å². The van der Waals surface area contributed by atoms with Crippen molar-refractivity contribution in [3.05, 3.63) is 18.5 Å². The van der Waals surface area contributed by atoms with Crippen molar-refractivity contribution in [2.75, 3.05) is 12.3 Å². The molecule has 0 aliphatic heterocycles. The van der Waals surface area contributed by atoms with Crippen LogP contribution in [0.3, 0.4) is 0 Å². The second-order valence-electron chi connectivity index (χ2n) is 4.41. The first-order valence-electron chi connectivity index (χ1n) is 5.23. The minimum Gasteiger partial charge on any atom is -0.312 e. The maximum atomic E-state index is 4.16. The van der Waals surface area contributed by atoms with E-state index < -0.39 is 0 Å². The van der Waals surface area contributed by atoms with Crippen LogP contribution in [0.5, 0.6) is 0 Å². The smallest absolute Gasteiger partial charge is 0.187 e. The van der Waals surface area contributed by atoms with Gasteiger partial charge in [0, 0.05) is 23.7 Å². The molecule has 84 valence electrons. The summed E-state index contributed by atoms with van der Waals surface area (Å²) in [5.74, 6) is 1.06. The molecule has 1 heterocycles. The second kappa shape index (κ2) is 6.08. The fourth-order valence-electron chi connectivity index (χ4n) is 1.06. The first-order valence-corrected chi connectivity index (χ1v) is 6.21. The van der Waals surface area contributed by atoms with E-state index in [2.05, 4.69) is 36.1 Å². The van der Waals surface area contributed by atoms with E-state index in [1.165, 1.54) is 0 Å². The number of nitrogens with one attached hydrogen (secondary N) is 1. The van der Waals surface area contributed by atoms with Gasteiger partial charge in [0.25, 0.3) is 0 Å². The third kappa shape index (κ3) is 6.47. The average molecular weight is 225 g/mol. The molecule has 1 rings (SSSR count). The van der Waals surface area contributed by atoms with Crippen molar-refractivity contribution in [2.45, 2.75) is 37.9 Å². The summed E-state index contributed by atoms with van der Waals surface area (Å²) < 4.78 is 0. The molecule has 0 radical (unpaired) electrons. The summed E-state index contributed by atoms with van der Waals surface area (Å²) in [6.45, 7) is 7.59. The zero-order chi connectivity index (χ0) is 11.1. The maximum absolute atomic E-state index is 4.16. The van der Waals surface area contributed by atoms with E-state index in [9.17, 15) is 0 Å². The Balaban J connectivity index is 2.08. The second-order valence-corrected chi connectivity index (χ2v) is 5.47. The Kier molecular flexibility index (Phi) is 5.05. The average Bonchev–Trinajstić information content (AvgIpc) is 2.17. The molecule has 15 heavy (non-hydrogen) atoms. The van der Waals surface area contributed by atoms with E-state index >= 15 is 0 Å². The number of hydrogen-bond acceptors (Lipinski definition) is 4. The van der Waals surface area contributed by atoms with Crippen LogP contribution in [0, 0.1) is 0 Å². The van der Waals surface area contributed by atoms with Gasteiger partial charge in [-0.25, -0.2) is 9.97 Å². The Morgan fingerprint density at radius 3 is 2.53 bits per heavy atom. The topological polar surface area (TPSA) is 37.8 Å². The van der Waals surface area contributed by atoms with Crippen molar-refractivity contribution >= 4 is 11.8 Å². The molecule has 3 nitrogen and oxygen atoms in total. The summed E-state index contributed by atoms with van der Waals surface area (Å²) in [5.41, 5.74) is 0.216. The van der Waals surface area contributed by atoms with E-state index in [0.717, 1.165) is 23.9 Å². The minimum absolute atomic E-state index is 0.216. The van der Waals surface area contributed by atoms with Gasteiger partial charge in [-0.15, -0.1) is 0 Å². The summed E-state index contributed by atoms with van der Waals surface area (Å²) in [7, 11) is 0. The number of nitrogens with zero attached hydrogens (tertiary/aromatic N) is 2. The van der Waals surface area contributed by atoms with Gasteiger partial charge in [0.2, 0.25) is 0 Å².